The molecule has 1 aliphatic heterocycles. The van der Waals surface area contributed by atoms with Crippen LogP contribution in [0.2, 0.25) is 0 Å². The third-order valence-corrected chi connectivity index (χ3v) is 6.97. The summed E-state index contributed by atoms with van der Waals surface area (Å²) >= 11 is 0. The van der Waals surface area contributed by atoms with E-state index < -0.39 is 0 Å². The third kappa shape index (κ3) is 4.61. The zero-order chi connectivity index (χ0) is 25.2. The highest BCUT2D eigenvalue weighted by Crippen LogP contribution is 2.29. The molecule has 1 fully saturated rings. The Labute approximate surface area is 215 Å². The smallest absolute Gasteiger partial charge is 0.138 e. The highest BCUT2D eigenvalue weighted by molar-refractivity contribution is 5.96. The lowest BCUT2D eigenvalue weighted by Crippen LogP contribution is -2.23. The van der Waals surface area contributed by atoms with Crippen molar-refractivity contribution in [1.29, 1.82) is 0 Å². The van der Waals surface area contributed by atoms with Crippen molar-refractivity contribution >= 4 is 28.8 Å². The van der Waals surface area contributed by atoms with Crippen LogP contribution in [0.5, 0.6) is 0 Å². The Balaban J connectivity index is 1.39. The molecule has 0 atom stereocenters. The second-order valence-electron chi connectivity index (χ2n) is 9.47. The largest absolute Gasteiger partial charge is 0.338 e. The molecule has 7 heteroatoms. The Kier molecular flexibility index (Phi) is 6.20. The summed E-state index contributed by atoms with van der Waals surface area (Å²) in [6, 6.07) is 10.3. The number of allylic oxidation sites excluding steroid dienone is 1. The van der Waals surface area contributed by atoms with E-state index in [9.17, 15) is 0 Å². The van der Waals surface area contributed by atoms with Gasteiger partial charge in [0.1, 0.15) is 11.3 Å². The second-order valence-corrected chi connectivity index (χ2v) is 9.47. The first-order chi connectivity index (χ1) is 18.2. The number of nitrogens with zero attached hydrogens (tertiary/aromatic N) is 5. The molecule has 1 saturated heterocycles. The van der Waals surface area contributed by atoms with Crippen molar-refractivity contribution in [3.05, 3.63) is 89.6 Å². The van der Waals surface area contributed by atoms with E-state index in [0.29, 0.717) is 0 Å². The predicted octanol–water partition coefficient (Wildman–Crippen LogP) is 4.30. The van der Waals surface area contributed by atoms with Gasteiger partial charge in [-0.25, -0.2) is 4.98 Å². The molecule has 6 heterocycles. The maximum absolute atomic E-state index is 4.67. The predicted molar refractivity (Wildman–Crippen MR) is 149 cm³/mol. The van der Waals surface area contributed by atoms with Gasteiger partial charge in [-0.2, -0.15) is 5.10 Å². The van der Waals surface area contributed by atoms with Crippen LogP contribution in [0.4, 0.5) is 0 Å². The molecule has 7 nitrogen and oxygen atoms in total. The number of hydrogen-bond donors (Lipinski definition) is 2. The van der Waals surface area contributed by atoms with Gasteiger partial charge in [-0.05, 0) is 85.5 Å². The fourth-order valence-electron chi connectivity index (χ4n) is 5.07. The lowest BCUT2D eigenvalue weighted by molar-refractivity contribution is 0.331. The Morgan fingerprint density at radius 2 is 1.97 bits per heavy atom. The highest BCUT2D eigenvalue weighted by Gasteiger charge is 2.14. The Bertz CT molecular complexity index is 1690. The Hall–Kier alpha value is -4.36. The molecular formula is C30H29N7. The minimum Gasteiger partial charge on any atom is -0.338 e. The molecule has 5 aromatic heterocycles. The number of aromatic amines is 2. The van der Waals surface area contributed by atoms with Gasteiger partial charge in [0.25, 0.3) is 0 Å². The molecule has 6 rings (SSSR count). The summed E-state index contributed by atoms with van der Waals surface area (Å²) in [4.78, 5) is 19.3. The van der Waals surface area contributed by atoms with E-state index in [0.717, 1.165) is 74.9 Å². The fourth-order valence-corrected chi connectivity index (χ4v) is 5.07. The van der Waals surface area contributed by atoms with Crippen LogP contribution in [-0.4, -0.2) is 48.1 Å². The molecule has 0 aliphatic carbocycles. The summed E-state index contributed by atoms with van der Waals surface area (Å²) in [7, 11) is 0. The van der Waals surface area contributed by atoms with Crippen LogP contribution in [0.1, 0.15) is 30.9 Å². The normalized spacial score (nSPS) is 15.2. The summed E-state index contributed by atoms with van der Waals surface area (Å²) in [5.74, 6) is 0. The van der Waals surface area contributed by atoms with Gasteiger partial charge in [0.15, 0.2) is 0 Å². The lowest BCUT2D eigenvalue weighted by Gasteiger charge is -2.14. The summed E-state index contributed by atoms with van der Waals surface area (Å²) < 4.78 is 0. The van der Waals surface area contributed by atoms with E-state index in [1.54, 1.807) is 6.20 Å². The van der Waals surface area contributed by atoms with Gasteiger partial charge in [0.2, 0.25) is 0 Å². The van der Waals surface area contributed by atoms with Crippen molar-refractivity contribution in [2.45, 2.75) is 26.3 Å². The molecule has 0 bridgehead atoms. The fraction of sp³-hybridized carbons (Fsp3) is 0.200. The van der Waals surface area contributed by atoms with Gasteiger partial charge in [-0.3, -0.25) is 20.0 Å². The number of pyridine rings is 3. The molecule has 37 heavy (non-hydrogen) atoms. The summed E-state index contributed by atoms with van der Waals surface area (Å²) in [5, 5.41) is 10.8. The van der Waals surface area contributed by atoms with Crippen LogP contribution in [0.3, 0.4) is 0 Å². The minimum absolute atomic E-state index is 0.810. The van der Waals surface area contributed by atoms with E-state index in [-0.39, 0.29) is 0 Å². The zero-order valence-electron chi connectivity index (χ0n) is 20.9. The second kappa shape index (κ2) is 9.95. The SMILES string of the molecule is C=C(/C=c1/c(-c2cc3c(-c4cccnc4)ccnc3[nH]2)n[nH]/c1=C/C)c1cncc(CN2CCCC2)c1. The highest BCUT2D eigenvalue weighted by atomic mass is 15.1. The van der Waals surface area contributed by atoms with Crippen LogP contribution in [0.25, 0.3) is 51.3 Å². The van der Waals surface area contributed by atoms with Crippen LogP contribution in [-0.2, 0) is 6.54 Å². The quantitative estimate of drug-likeness (QED) is 0.373. The van der Waals surface area contributed by atoms with E-state index >= 15 is 0 Å². The van der Waals surface area contributed by atoms with Gasteiger partial charge < -0.3 is 4.98 Å². The van der Waals surface area contributed by atoms with Crippen LogP contribution in [0, 0.1) is 0 Å². The summed E-state index contributed by atoms with van der Waals surface area (Å²) in [6.07, 6.45) is 16.0. The minimum atomic E-state index is 0.810. The average molecular weight is 488 g/mol. The summed E-state index contributed by atoms with van der Waals surface area (Å²) in [6.45, 7) is 9.64. The number of rotatable bonds is 6. The molecule has 0 saturated carbocycles. The molecular weight excluding hydrogens is 458 g/mol. The maximum atomic E-state index is 4.67. The first-order valence-electron chi connectivity index (χ1n) is 12.7. The van der Waals surface area contributed by atoms with E-state index in [1.807, 2.05) is 49.9 Å². The van der Waals surface area contributed by atoms with Crippen LogP contribution in [0.15, 0.2) is 67.9 Å². The van der Waals surface area contributed by atoms with Gasteiger partial charge in [0, 0.05) is 53.7 Å². The van der Waals surface area contributed by atoms with Crippen molar-refractivity contribution in [3.8, 4) is 22.5 Å². The van der Waals surface area contributed by atoms with E-state index in [2.05, 4.69) is 65.9 Å². The molecule has 0 spiro atoms. The van der Waals surface area contributed by atoms with Crippen LogP contribution >= 0.6 is 0 Å². The van der Waals surface area contributed by atoms with Gasteiger partial charge in [-0.15, -0.1) is 0 Å². The van der Waals surface area contributed by atoms with E-state index in [1.165, 1.54) is 18.4 Å². The maximum Gasteiger partial charge on any atom is 0.138 e. The number of nitrogens with one attached hydrogen (secondary N) is 2. The molecule has 0 aromatic carbocycles. The lowest BCUT2D eigenvalue weighted by atomic mass is 10.0. The van der Waals surface area contributed by atoms with Crippen LogP contribution < -0.4 is 10.6 Å². The molecule has 1 aliphatic rings. The number of likely N-dealkylation sites (tertiary alicyclic amines) is 1. The van der Waals surface area contributed by atoms with E-state index in [4.69, 9.17) is 0 Å². The summed E-state index contributed by atoms with van der Waals surface area (Å²) in [5.41, 5.74) is 7.78. The Morgan fingerprint density at radius 1 is 1.08 bits per heavy atom. The molecule has 2 N–H and O–H groups in total. The van der Waals surface area contributed by atoms with Gasteiger partial charge in [0.05, 0.1) is 11.0 Å². The molecule has 0 radical (unpaired) electrons. The van der Waals surface area contributed by atoms with Crippen molar-refractivity contribution in [2.24, 2.45) is 0 Å². The number of fused-ring (bicyclic) bond motifs is 1. The van der Waals surface area contributed by atoms with Crippen molar-refractivity contribution in [2.75, 3.05) is 13.1 Å². The molecule has 5 aromatic rings. The third-order valence-electron chi connectivity index (χ3n) is 6.97. The molecule has 184 valence electrons. The molecule has 0 amide bonds. The number of hydrogen-bond acceptors (Lipinski definition) is 5. The van der Waals surface area contributed by atoms with Gasteiger partial charge >= 0.3 is 0 Å². The average Bonchev–Trinajstić information content (AvgIpc) is 3.69. The van der Waals surface area contributed by atoms with Crippen molar-refractivity contribution in [3.63, 3.8) is 0 Å². The zero-order valence-corrected chi connectivity index (χ0v) is 20.9. The standard InChI is InChI=1S/C30H29N7/c1-3-27-26(13-20(2)23-14-21(16-32-18-23)19-37-11-4-5-12-37)29(36-35-27)28-15-25-24(8-10-33-30(25)34-28)22-7-6-9-31-17-22/h3,6-10,13-18,35H,2,4-5,11-12,19H2,1H3,(H,33,34)/b26-13+,27-3+. The van der Waals surface area contributed by atoms with Crippen molar-refractivity contribution < 1.29 is 0 Å². The topological polar surface area (TPSA) is 86.4 Å². The van der Waals surface area contributed by atoms with Crippen molar-refractivity contribution in [1.82, 2.24) is 35.0 Å². The number of aromatic nitrogens is 6. The monoisotopic (exact) mass is 487 g/mol. The molecule has 0 unspecified atom stereocenters. The Morgan fingerprint density at radius 3 is 2.78 bits per heavy atom. The number of H-pyrrole nitrogens is 2. The first-order valence-corrected chi connectivity index (χ1v) is 12.7. The van der Waals surface area contributed by atoms with Gasteiger partial charge in [-0.1, -0.05) is 18.7 Å². The first kappa shape index (κ1) is 23.1.